The minimum Gasteiger partial charge on any atom is -0.484 e. The van der Waals surface area contributed by atoms with Crippen molar-refractivity contribution in [3.63, 3.8) is 0 Å². The van der Waals surface area contributed by atoms with Crippen LogP contribution in [0.25, 0.3) is 0 Å². The predicted molar refractivity (Wildman–Crippen MR) is 93.7 cm³/mol. The van der Waals surface area contributed by atoms with Gasteiger partial charge in [0.25, 0.3) is 11.6 Å². The second kappa shape index (κ2) is 8.92. The minimum absolute atomic E-state index is 0.0320. The van der Waals surface area contributed by atoms with Crippen LogP contribution in [0.2, 0.25) is 0 Å². The van der Waals surface area contributed by atoms with Gasteiger partial charge in [0.1, 0.15) is 5.75 Å². The fraction of sp³-hybridized carbons (Fsp3) is 0.118. The molecule has 2 amide bonds. The van der Waals surface area contributed by atoms with Crippen LogP contribution in [0.5, 0.6) is 5.75 Å². The summed E-state index contributed by atoms with van der Waals surface area (Å²) >= 11 is 0. The second-order valence-electron chi connectivity index (χ2n) is 5.22. The Morgan fingerprint density at radius 3 is 2.38 bits per heavy atom. The molecule has 26 heavy (non-hydrogen) atoms. The number of hydrogen-bond acceptors (Lipinski definition) is 6. The first-order valence-electron chi connectivity index (χ1n) is 7.50. The molecule has 0 aromatic heterocycles. The number of ether oxygens (including phenoxy) is 1. The molecule has 9 heteroatoms. The van der Waals surface area contributed by atoms with Crippen LogP contribution in [-0.4, -0.2) is 29.6 Å². The molecular weight excluding hydrogens is 340 g/mol. The molecule has 0 aliphatic carbocycles. The van der Waals surface area contributed by atoms with Crippen LogP contribution in [0, 0.1) is 10.1 Å². The number of nitrogens with one attached hydrogen (secondary N) is 1. The lowest BCUT2D eigenvalue weighted by Gasteiger charge is -2.03. The third-order valence-corrected chi connectivity index (χ3v) is 3.18. The molecule has 0 aliphatic heterocycles. The van der Waals surface area contributed by atoms with Gasteiger partial charge in [-0.2, -0.15) is 5.10 Å². The number of nitro groups is 1. The molecule has 2 aromatic carbocycles. The van der Waals surface area contributed by atoms with Gasteiger partial charge in [0.2, 0.25) is 5.91 Å². The van der Waals surface area contributed by atoms with Gasteiger partial charge < -0.3 is 10.5 Å². The van der Waals surface area contributed by atoms with E-state index >= 15 is 0 Å². The van der Waals surface area contributed by atoms with Gasteiger partial charge in [-0.05, 0) is 35.4 Å². The lowest BCUT2D eigenvalue weighted by atomic mass is 10.1. The fourth-order valence-electron chi connectivity index (χ4n) is 1.94. The molecule has 0 atom stereocenters. The number of rotatable bonds is 8. The zero-order valence-electron chi connectivity index (χ0n) is 13.6. The summed E-state index contributed by atoms with van der Waals surface area (Å²) in [4.78, 5) is 32.5. The van der Waals surface area contributed by atoms with Crippen molar-refractivity contribution in [2.75, 3.05) is 6.61 Å². The smallest absolute Gasteiger partial charge is 0.269 e. The van der Waals surface area contributed by atoms with E-state index in [1.807, 2.05) is 0 Å². The molecule has 134 valence electrons. The number of benzene rings is 2. The highest BCUT2D eigenvalue weighted by atomic mass is 16.6. The summed E-state index contributed by atoms with van der Waals surface area (Å²) in [5.74, 6) is -0.425. The number of nitrogens with two attached hydrogens (primary N) is 1. The van der Waals surface area contributed by atoms with E-state index in [0.717, 1.165) is 0 Å². The second-order valence-corrected chi connectivity index (χ2v) is 5.22. The van der Waals surface area contributed by atoms with Gasteiger partial charge in [0, 0.05) is 12.1 Å². The maximum atomic E-state index is 11.8. The molecule has 0 aliphatic rings. The quantitative estimate of drug-likeness (QED) is 0.415. The number of non-ortho nitro benzene ring substituents is 1. The van der Waals surface area contributed by atoms with Crippen LogP contribution in [0.15, 0.2) is 53.6 Å². The first-order valence-corrected chi connectivity index (χ1v) is 7.50. The van der Waals surface area contributed by atoms with Crippen molar-refractivity contribution in [2.24, 2.45) is 10.8 Å². The Labute approximate surface area is 148 Å². The predicted octanol–water partition coefficient (Wildman–Crippen LogP) is 1.15. The van der Waals surface area contributed by atoms with Crippen molar-refractivity contribution in [2.45, 2.75) is 6.42 Å². The summed E-state index contributed by atoms with van der Waals surface area (Å²) in [6, 6.07) is 12.4. The fourth-order valence-corrected chi connectivity index (χ4v) is 1.94. The highest BCUT2D eigenvalue weighted by Gasteiger charge is 2.06. The van der Waals surface area contributed by atoms with E-state index in [-0.39, 0.29) is 24.6 Å². The molecule has 3 N–H and O–H groups in total. The molecule has 0 saturated carbocycles. The Kier molecular flexibility index (Phi) is 6.38. The number of amides is 2. The van der Waals surface area contributed by atoms with Crippen molar-refractivity contribution in [1.29, 1.82) is 0 Å². The molecule has 9 nitrogen and oxygen atoms in total. The number of nitrogens with zero attached hydrogens (tertiary/aromatic N) is 2. The van der Waals surface area contributed by atoms with E-state index in [4.69, 9.17) is 10.5 Å². The van der Waals surface area contributed by atoms with Crippen molar-refractivity contribution >= 4 is 23.7 Å². The van der Waals surface area contributed by atoms with E-state index in [9.17, 15) is 19.7 Å². The lowest BCUT2D eigenvalue weighted by molar-refractivity contribution is -0.384. The van der Waals surface area contributed by atoms with E-state index < -0.39 is 10.8 Å². The van der Waals surface area contributed by atoms with Crippen molar-refractivity contribution in [3.8, 4) is 5.75 Å². The SMILES string of the molecule is NC(=O)COc1ccc(C=NNC(=O)Cc2ccc([N+](=O)[O-])cc2)cc1. The average Bonchev–Trinajstić information content (AvgIpc) is 2.61. The number of nitro benzene ring substituents is 1. The summed E-state index contributed by atoms with van der Waals surface area (Å²) in [5, 5.41) is 14.4. The summed E-state index contributed by atoms with van der Waals surface area (Å²) in [5.41, 5.74) is 8.68. The monoisotopic (exact) mass is 356 g/mol. The van der Waals surface area contributed by atoms with Crippen molar-refractivity contribution in [1.82, 2.24) is 5.43 Å². The van der Waals surface area contributed by atoms with Gasteiger partial charge in [-0.3, -0.25) is 19.7 Å². The maximum Gasteiger partial charge on any atom is 0.269 e. The average molecular weight is 356 g/mol. The van der Waals surface area contributed by atoms with Crippen molar-refractivity contribution in [3.05, 3.63) is 69.8 Å². The summed E-state index contributed by atoms with van der Waals surface area (Å²) in [7, 11) is 0. The molecule has 0 radical (unpaired) electrons. The maximum absolute atomic E-state index is 11.8. The number of carbonyl (C=O) groups is 2. The Bertz CT molecular complexity index is 816. The number of hydrogen-bond donors (Lipinski definition) is 2. The molecule has 0 saturated heterocycles. The molecule has 0 heterocycles. The Hall–Kier alpha value is -3.75. The van der Waals surface area contributed by atoms with Crippen LogP contribution in [-0.2, 0) is 16.0 Å². The van der Waals surface area contributed by atoms with Crippen LogP contribution < -0.4 is 15.9 Å². The molecule has 0 unspecified atom stereocenters. The van der Waals surface area contributed by atoms with E-state index in [1.54, 1.807) is 24.3 Å². The third-order valence-electron chi connectivity index (χ3n) is 3.18. The van der Waals surface area contributed by atoms with Gasteiger partial charge >= 0.3 is 0 Å². The number of hydrazone groups is 1. The topological polar surface area (TPSA) is 137 Å². The van der Waals surface area contributed by atoms with Crippen LogP contribution in [0.1, 0.15) is 11.1 Å². The van der Waals surface area contributed by atoms with Crippen LogP contribution in [0.3, 0.4) is 0 Å². The van der Waals surface area contributed by atoms with Gasteiger partial charge in [-0.15, -0.1) is 0 Å². The molecule has 0 spiro atoms. The van der Waals surface area contributed by atoms with Gasteiger partial charge in [-0.1, -0.05) is 12.1 Å². The Morgan fingerprint density at radius 1 is 1.15 bits per heavy atom. The highest BCUT2D eigenvalue weighted by Crippen LogP contribution is 2.12. The zero-order valence-corrected chi connectivity index (χ0v) is 13.6. The normalized spacial score (nSPS) is 10.5. The Balaban J connectivity index is 1.82. The van der Waals surface area contributed by atoms with Gasteiger partial charge in [-0.25, -0.2) is 5.43 Å². The molecular formula is C17H16N4O5. The molecule has 2 aromatic rings. The van der Waals surface area contributed by atoms with Crippen LogP contribution >= 0.6 is 0 Å². The van der Waals surface area contributed by atoms with E-state index in [1.165, 1.54) is 30.5 Å². The lowest BCUT2D eigenvalue weighted by Crippen LogP contribution is -2.20. The summed E-state index contributed by atoms with van der Waals surface area (Å²) in [6.07, 6.45) is 1.50. The largest absolute Gasteiger partial charge is 0.484 e. The summed E-state index contributed by atoms with van der Waals surface area (Å²) < 4.78 is 5.12. The number of carbonyl (C=O) groups excluding carboxylic acids is 2. The van der Waals surface area contributed by atoms with Gasteiger partial charge in [0.05, 0.1) is 17.6 Å². The standard InChI is InChI=1S/C17H16N4O5/c18-16(22)11-26-15-7-3-13(4-8-15)10-19-20-17(23)9-12-1-5-14(6-2-12)21(24)25/h1-8,10H,9,11H2,(H2,18,22)(H,20,23). The Morgan fingerprint density at radius 2 is 1.81 bits per heavy atom. The first-order chi connectivity index (χ1) is 12.4. The molecule has 0 bridgehead atoms. The van der Waals surface area contributed by atoms with Gasteiger partial charge in [0.15, 0.2) is 6.61 Å². The van der Waals surface area contributed by atoms with Crippen LogP contribution in [0.4, 0.5) is 5.69 Å². The van der Waals surface area contributed by atoms with Crippen molar-refractivity contribution < 1.29 is 19.2 Å². The number of primary amides is 1. The summed E-state index contributed by atoms with van der Waals surface area (Å²) in [6.45, 7) is -0.202. The molecule has 2 rings (SSSR count). The highest BCUT2D eigenvalue weighted by molar-refractivity contribution is 5.83. The zero-order chi connectivity index (χ0) is 18.9. The first kappa shape index (κ1) is 18.6. The van der Waals surface area contributed by atoms with E-state index in [2.05, 4.69) is 10.5 Å². The van der Waals surface area contributed by atoms with E-state index in [0.29, 0.717) is 16.9 Å². The minimum atomic E-state index is -0.564. The third kappa shape index (κ3) is 6.04. The molecule has 0 fully saturated rings.